The van der Waals surface area contributed by atoms with Gasteiger partial charge in [-0.3, -0.25) is 0 Å². The largest absolute Gasteiger partial charge is 0.244 e. The van der Waals surface area contributed by atoms with Gasteiger partial charge < -0.3 is 0 Å². The number of allylic oxidation sites excluding steroid dienone is 4. The van der Waals surface area contributed by atoms with Crippen LogP contribution in [-0.2, 0) is 0 Å². The number of hydrogen-bond acceptors (Lipinski definition) is 2. The Labute approximate surface area is 113 Å². The molecule has 0 N–H and O–H groups in total. The predicted molar refractivity (Wildman–Crippen MR) is 82.9 cm³/mol. The Morgan fingerprint density at radius 3 is 2.56 bits per heavy atom. The molecule has 0 atom stereocenters. The Bertz CT molecular complexity index is 530. The van der Waals surface area contributed by atoms with Crippen LogP contribution in [0, 0.1) is 6.92 Å². The van der Waals surface area contributed by atoms with E-state index in [1.807, 2.05) is 38.1 Å². The van der Waals surface area contributed by atoms with Crippen molar-refractivity contribution < 1.29 is 0 Å². The highest BCUT2D eigenvalue weighted by Crippen LogP contribution is 2.19. The maximum Gasteiger partial charge on any atom is 0.169 e. The monoisotopic (exact) mass is 258 g/mol. The minimum Gasteiger partial charge on any atom is -0.244 e. The van der Waals surface area contributed by atoms with Gasteiger partial charge in [0, 0.05) is 4.88 Å². The molecule has 0 unspecified atom stereocenters. The van der Waals surface area contributed by atoms with E-state index in [9.17, 15) is 0 Å². The minimum absolute atomic E-state index is 0.645. The van der Waals surface area contributed by atoms with Crippen molar-refractivity contribution in [3.05, 3.63) is 58.0 Å². The van der Waals surface area contributed by atoms with Crippen LogP contribution in [0.25, 0.3) is 0 Å². The molecule has 0 aliphatic heterocycles. The van der Waals surface area contributed by atoms with Crippen molar-refractivity contribution in [3.8, 4) is 0 Å². The quantitative estimate of drug-likeness (QED) is 0.430. The third-order valence-electron chi connectivity index (χ3n) is 2.22. The molecule has 1 rings (SSSR count). The van der Waals surface area contributed by atoms with Crippen LogP contribution in [0.2, 0.25) is 0 Å². The molecule has 0 amide bonds. The first-order valence-electron chi connectivity index (χ1n) is 5.69. The molecule has 0 bridgehead atoms. The molecule has 0 saturated heterocycles. The summed E-state index contributed by atoms with van der Waals surface area (Å²) in [5, 5.41) is 0. The van der Waals surface area contributed by atoms with E-state index in [0.29, 0.717) is 5.84 Å². The Balaban J connectivity index is 3.16. The van der Waals surface area contributed by atoms with E-state index in [1.165, 1.54) is 4.88 Å². The average Bonchev–Trinajstić information content (AvgIpc) is 2.75. The van der Waals surface area contributed by atoms with Crippen LogP contribution in [0.1, 0.15) is 23.6 Å². The van der Waals surface area contributed by atoms with Crippen molar-refractivity contribution in [2.75, 3.05) is 0 Å². The lowest BCUT2D eigenvalue weighted by Gasteiger charge is -2.01. The van der Waals surface area contributed by atoms with Crippen molar-refractivity contribution in [1.82, 2.24) is 0 Å². The Kier molecular flexibility index (Phi) is 5.46. The highest BCUT2D eigenvalue weighted by Gasteiger charge is 2.05. The molecule has 0 saturated carbocycles. The fourth-order valence-corrected chi connectivity index (χ4v) is 2.12. The summed E-state index contributed by atoms with van der Waals surface area (Å²) in [6.45, 7) is 13.5. The van der Waals surface area contributed by atoms with Gasteiger partial charge in [-0.15, -0.1) is 11.3 Å². The topological polar surface area (TPSA) is 24.7 Å². The zero-order chi connectivity index (χ0) is 13.5. The lowest BCUT2D eigenvalue weighted by atomic mass is 10.2. The van der Waals surface area contributed by atoms with Crippen LogP contribution in [0.4, 0.5) is 0 Å². The zero-order valence-corrected chi connectivity index (χ0v) is 11.9. The summed E-state index contributed by atoms with van der Waals surface area (Å²) in [5.74, 6) is 0.645. The first-order valence-corrected chi connectivity index (χ1v) is 6.51. The van der Waals surface area contributed by atoms with Crippen LogP contribution < -0.4 is 0 Å². The van der Waals surface area contributed by atoms with Crippen LogP contribution in [0.5, 0.6) is 0 Å². The van der Waals surface area contributed by atoms with E-state index in [-0.39, 0.29) is 0 Å². The molecule has 0 aliphatic rings. The van der Waals surface area contributed by atoms with Crippen LogP contribution in [0.3, 0.4) is 0 Å². The molecule has 1 aromatic rings. The Morgan fingerprint density at radius 2 is 2.11 bits per heavy atom. The van der Waals surface area contributed by atoms with Gasteiger partial charge >= 0.3 is 0 Å². The summed E-state index contributed by atoms with van der Waals surface area (Å²) in [5.41, 5.74) is 1.73. The lowest BCUT2D eigenvalue weighted by Crippen LogP contribution is -1.94. The van der Waals surface area contributed by atoms with Crippen molar-refractivity contribution in [1.29, 1.82) is 0 Å². The minimum atomic E-state index is 0.645. The van der Waals surface area contributed by atoms with Gasteiger partial charge in [-0.2, -0.15) is 0 Å². The first kappa shape index (κ1) is 14.3. The molecule has 0 aliphatic carbocycles. The molecule has 0 radical (unpaired) electrons. The summed E-state index contributed by atoms with van der Waals surface area (Å²) in [4.78, 5) is 10.8. The number of rotatable bonds is 4. The SMILES string of the molecule is C=NC(=N/C(=C/C=C\C)C(=C)C)c1ccc(C)s1. The number of aliphatic imine (C=N–C) groups is 2. The molecular formula is C15H18N2S. The molecule has 3 heteroatoms. The van der Waals surface area contributed by atoms with E-state index in [1.54, 1.807) is 11.3 Å². The standard InChI is InChI=1S/C15H18N2S/c1-6-7-8-13(11(2)3)17-15(16-5)14-10-9-12(4)18-14/h6-10H,2,5H2,1,3-4H3/b7-6-,13-8+,17-15?. The predicted octanol–water partition coefficient (Wildman–Crippen LogP) is 4.54. The Hall–Kier alpha value is -1.74. The maximum absolute atomic E-state index is 4.52. The summed E-state index contributed by atoms with van der Waals surface area (Å²) >= 11 is 1.66. The van der Waals surface area contributed by atoms with E-state index in [4.69, 9.17) is 0 Å². The van der Waals surface area contributed by atoms with Crippen LogP contribution >= 0.6 is 11.3 Å². The molecule has 2 nitrogen and oxygen atoms in total. The van der Waals surface area contributed by atoms with Gasteiger partial charge in [-0.1, -0.05) is 18.7 Å². The van der Waals surface area contributed by atoms with Crippen molar-refractivity contribution in [3.63, 3.8) is 0 Å². The molecular weight excluding hydrogens is 240 g/mol. The fraction of sp³-hybridized carbons (Fsp3) is 0.200. The number of nitrogens with zero attached hydrogens (tertiary/aromatic N) is 2. The number of hydrogen-bond donors (Lipinski definition) is 0. The third kappa shape index (κ3) is 3.93. The zero-order valence-electron chi connectivity index (χ0n) is 11.1. The summed E-state index contributed by atoms with van der Waals surface area (Å²) < 4.78 is 0. The Morgan fingerprint density at radius 1 is 1.39 bits per heavy atom. The molecule has 1 aromatic heterocycles. The highest BCUT2D eigenvalue weighted by molar-refractivity contribution is 7.14. The van der Waals surface area contributed by atoms with E-state index in [0.717, 1.165) is 16.1 Å². The van der Waals surface area contributed by atoms with E-state index < -0.39 is 0 Å². The van der Waals surface area contributed by atoms with Crippen LogP contribution in [-0.4, -0.2) is 12.6 Å². The lowest BCUT2D eigenvalue weighted by molar-refractivity contribution is 1.28. The molecule has 0 fully saturated rings. The maximum atomic E-state index is 4.52. The van der Waals surface area contributed by atoms with E-state index in [2.05, 4.69) is 36.3 Å². The number of aryl methyl sites for hydroxylation is 1. The third-order valence-corrected chi connectivity index (χ3v) is 3.22. The van der Waals surface area contributed by atoms with E-state index >= 15 is 0 Å². The van der Waals surface area contributed by atoms with Gasteiger partial charge in [0.05, 0.1) is 10.6 Å². The summed E-state index contributed by atoms with van der Waals surface area (Å²) in [7, 11) is 0. The average molecular weight is 258 g/mol. The molecule has 18 heavy (non-hydrogen) atoms. The van der Waals surface area contributed by atoms with Crippen LogP contribution in [0.15, 0.2) is 58.2 Å². The molecule has 0 spiro atoms. The fourth-order valence-electron chi connectivity index (χ4n) is 1.30. The number of amidine groups is 1. The smallest absolute Gasteiger partial charge is 0.169 e. The normalized spacial score (nSPS) is 13.1. The second-order valence-corrected chi connectivity index (χ2v) is 5.15. The molecule has 1 heterocycles. The summed E-state index contributed by atoms with van der Waals surface area (Å²) in [6, 6.07) is 4.07. The van der Waals surface area contributed by atoms with Gasteiger partial charge in [-0.05, 0) is 51.3 Å². The van der Waals surface area contributed by atoms with Gasteiger partial charge in [0.25, 0.3) is 0 Å². The highest BCUT2D eigenvalue weighted by atomic mass is 32.1. The molecule has 94 valence electrons. The first-order chi connectivity index (χ1) is 8.58. The van der Waals surface area contributed by atoms with Crippen molar-refractivity contribution >= 4 is 23.9 Å². The van der Waals surface area contributed by atoms with Gasteiger partial charge in [-0.25, -0.2) is 9.98 Å². The molecule has 0 aromatic carbocycles. The van der Waals surface area contributed by atoms with Gasteiger partial charge in [0.1, 0.15) is 0 Å². The van der Waals surface area contributed by atoms with Gasteiger partial charge in [0.15, 0.2) is 5.84 Å². The van der Waals surface area contributed by atoms with Gasteiger partial charge in [0.2, 0.25) is 0 Å². The van der Waals surface area contributed by atoms with Crippen molar-refractivity contribution in [2.24, 2.45) is 9.98 Å². The van der Waals surface area contributed by atoms with Crippen molar-refractivity contribution in [2.45, 2.75) is 20.8 Å². The number of thiophene rings is 1. The second kappa shape index (κ2) is 6.87. The summed E-state index contributed by atoms with van der Waals surface area (Å²) in [6.07, 6.45) is 5.82. The second-order valence-electron chi connectivity index (χ2n) is 3.86.